The van der Waals surface area contributed by atoms with Crippen molar-refractivity contribution in [2.24, 2.45) is 0 Å². The van der Waals surface area contributed by atoms with E-state index in [1.54, 1.807) is 0 Å². The highest BCUT2D eigenvalue weighted by molar-refractivity contribution is 5.82. The molecule has 0 radical (unpaired) electrons. The van der Waals surface area contributed by atoms with E-state index in [-0.39, 0.29) is 5.92 Å². The summed E-state index contributed by atoms with van der Waals surface area (Å²) in [6, 6.07) is 29.3. The summed E-state index contributed by atoms with van der Waals surface area (Å²) in [5.74, 6) is 0.0773. The number of hydrogen-bond acceptors (Lipinski definition) is 2. The van der Waals surface area contributed by atoms with Crippen LogP contribution in [-0.2, 0) is 12.1 Å². The predicted octanol–water partition coefficient (Wildman–Crippen LogP) is 6.22. The van der Waals surface area contributed by atoms with E-state index in [4.69, 9.17) is 0 Å². The zero-order valence-corrected chi connectivity index (χ0v) is 18.6. The molecule has 1 aliphatic rings. The van der Waals surface area contributed by atoms with Gasteiger partial charge in [-0.1, -0.05) is 78.9 Å². The van der Waals surface area contributed by atoms with E-state index in [1.165, 1.54) is 22.0 Å². The van der Waals surface area contributed by atoms with Gasteiger partial charge in [0.1, 0.15) is 0 Å². The number of hydrogen-bond donors (Lipinski definition) is 2. The Morgan fingerprint density at radius 1 is 0.875 bits per heavy atom. The van der Waals surface area contributed by atoms with E-state index >= 15 is 0 Å². The molecule has 0 bridgehead atoms. The van der Waals surface area contributed by atoms with Crippen LogP contribution in [0, 0.1) is 0 Å². The van der Waals surface area contributed by atoms with Crippen molar-refractivity contribution in [2.45, 2.75) is 43.7 Å². The summed E-state index contributed by atoms with van der Waals surface area (Å²) < 4.78 is 0. The molecule has 0 spiro atoms. The second kappa shape index (κ2) is 9.32. The molecule has 1 aromatic heterocycles. The van der Waals surface area contributed by atoms with Crippen LogP contribution in [0.2, 0.25) is 0 Å². The topological polar surface area (TPSA) is 39.3 Å². The Morgan fingerprint density at radius 3 is 2.41 bits per heavy atom. The highest BCUT2D eigenvalue weighted by atomic mass is 16.3. The molecule has 2 N–H and O–H groups in total. The number of aryl methyl sites for hydroxylation is 1. The molecule has 5 rings (SSSR count). The second-order valence-corrected chi connectivity index (χ2v) is 9.00. The minimum atomic E-state index is -0.971. The number of aliphatic hydroxyl groups is 1. The van der Waals surface area contributed by atoms with Crippen molar-refractivity contribution in [3.8, 4) is 0 Å². The number of H-pyrrole nitrogens is 1. The second-order valence-electron chi connectivity index (χ2n) is 9.00. The van der Waals surface area contributed by atoms with Crippen molar-refractivity contribution in [3.05, 3.63) is 108 Å². The molecular formula is C29H32N2O. The third-order valence-corrected chi connectivity index (χ3v) is 7.09. The highest BCUT2D eigenvalue weighted by Crippen LogP contribution is 2.46. The van der Waals surface area contributed by atoms with Gasteiger partial charge in [0, 0.05) is 36.1 Å². The zero-order chi connectivity index (χ0) is 21.8. The molecule has 164 valence electrons. The van der Waals surface area contributed by atoms with Crippen molar-refractivity contribution < 1.29 is 5.11 Å². The number of para-hydroxylation sites is 1. The van der Waals surface area contributed by atoms with Crippen LogP contribution in [0.4, 0.5) is 0 Å². The van der Waals surface area contributed by atoms with Crippen LogP contribution in [-0.4, -0.2) is 28.1 Å². The minimum absolute atomic E-state index is 0.0773. The van der Waals surface area contributed by atoms with Crippen molar-refractivity contribution in [2.75, 3.05) is 13.1 Å². The molecule has 2 atom stereocenters. The molecular weight excluding hydrogens is 392 g/mol. The first-order valence-corrected chi connectivity index (χ1v) is 11.9. The third-order valence-electron chi connectivity index (χ3n) is 7.09. The summed E-state index contributed by atoms with van der Waals surface area (Å²) in [6.45, 7) is 1.83. The summed E-state index contributed by atoms with van der Waals surface area (Å²) in [4.78, 5) is 5.72. The molecule has 4 aromatic rings. The van der Waals surface area contributed by atoms with Crippen LogP contribution in [0.1, 0.15) is 48.3 Å². The first-order chi connectivity index (χ1) is 15.8. The van der Waals surface area contributed by atoms with Gasteiger partial charge in [0.25, 0.3) is 0 Å². The average Bonchev–Trinajstić information content (AvgIpc) is 3.27. The minimum Gasteiger partial charge on any atom is -0.371 e. The lowest BCUT2D eigenvalue weighted by Gasteiger charge is -2.49. The smallest absolute Gasteiger partial charge is 0.151 e. The molecule has 1 saturated heterocycles. The maximum atomic E-state index is 12.3. The molecule has 3 nitrogen and oxygen atoms in total. The molecule has 2 heterocycles. The van der Waals surface area contributed by atoms with Gasteiger partial charge in [-0.15, -0.1) is 0 Å². The van der Waals surface area contributed by atoms with E-state index < -0.39 is 5.72 Å². The van der Waals surface area contributed by atoms with Crippen LogP contribution >= 0.6 is 0 Å². The van der Waals surface area contributed by atoms with Crippen LogP contribution in [0.5, 0.6) is 0 Å². The predicted molar refractivity (Wildman–Crippen MR) is 132 cm³/mol. The summed E-state index contributed by atoms with van der Waals surface area (Å²) >= 11 is 0. The summed E-state index contributed by atoms with van der Waals surface area (Å²) in [5, 5.41) is 13.6. The molecule has 0 amide bonds. The molecule has 2 unspecified atom stereocenters. The van der Waals surface area contributed by atoms with E-state index in [0.29, 0.717) is 0 Å². The van der Waals surface area contributed by atoms with Crippen LogP contribution in [0.15, 0.2) is 91.1 Å². The van der Waals surface area contributed by atoms with Gasteiger partial charge < -0.3 is 10.1 Å². The molecule has 3 aromatic carbocycles. The average molecular weight is 425 g/mol. The Hall–Kier alpha value is -2.88. The molecule has 0 aliphatic carbocycles. The number of fused-ring (bicyclic) bond motifs is 1. The lowest BCUT2D eigenvalue weighted by Crippen LogP contribution is -2.54. The van der Waals surface area contributed by atoms with Gasteiger partial charge in [0.2, 0.25) is 0 Å². The van der Waals surface area contributed by atoms with Crippen molar-refractivity contribution >= 4 is 10.9 Å². The SMILES string of the molecule is OC1(c2ccccc2)C(c2ccccc2)CCCN1CCCCc1c[nH]c2ccccc12. The number of piperidine rings is 1. The lowest BCUT2D eigenvalue weighted by molar-refractivity contribution is -0.156. The van der Waals surface area contributed by atoms with Crippen molar-refractivity contribution in [3.63, 3.8) is 0 Å². The number of unbranched alkanes of at least 4 members (excludes halogenated alkanes) is 1. The monoisotopic (exact) mass is 424 g/mol. The molecule has 1 aliphatic heterocycles. The Morgan fingerprint density at radius 2 is 1.59 bits per heavy atom. The lowest BCUT2D eigenvalue weighted by atomic mass is 9.76. The quantitative estimate of drug-likeness (QED) is 0.346. The van der Waals surface area contributed by atoms with Crippen molar-refractivity contribution in [1.29, 1.82) is 0 Å². The summed E-state index contributed by atoms with van der Waals surface area (Å²) in [7, 11) is 0. The number of aromatic nitrogens is 1. The molecule has 3 heteroatoms. The van der Waals surface area contributed by atoms with Gasteiger partial charge in [0.15, 0.2) is 5.72 Å². The maximum Gasteiger partial charge on any atom is 0.151 e. The molecule has 32 heavy (non-hydrogen) atoms. The Labute approximate surface area is 190 Å². The summed E-state index contributed by atoms with van der Waals surface area (Å²) in [5.41, 5.74) is 3.86. The standard InChI is InChI=1S/C29H32N2O/c32-29(25-15-5-2-6-16-25)27(23-12-3-1-4-13-23)18-11-21-31(29)20-10-9-14-24-22-30-28-19-8-7-17-26(24)28/h1-8,12-13,15-17,19,22,27,30,32H,9-11,14,18,20-21H2. The fourth-order valence-electron chi connectivity index (χ4n) is 5.47. The first kappa shape index (κ1) is 21.0. The third kappa shape index (κ3) is 3.99. The number of aromatic amines is 1. The number of benzene rings is 3. The van der Waals surface area contributed by atoms with Crippen LogP contribution in [0.3, 0.4) is 0 Å². The maximum absolute atomic E-state index is 12.3. The Kier molecular flexibility index (Phi) is 6.11. The number of nitrogens with zero attached hydrogens (tertiary/aromatic N) is 1. The van der Waals surface area contributed by atoms with Gasteiger partial charge >= 0.3 is 0 Å². The number of nitrogens with one attached hydrogen (secondary N) is 1. The van der Waals surface area contributed by atoms with Gasteiger partial charge in [-0.2, -0.15) is 0 Å². The van der Waals surface area contributed by atoms with E-state index in [9.17, 15) is 5.11 Å². The van der Waals surface area contributed by atoms with Crippen LogP contribution in [0.25, 0.3) is 10.9 Å². The normalized spacial score (nSPS) is 21.7. The molecule has 1 fully saturated rings. The van der Waals surface area contributed by atoms with Gasteiger partial charge in [-0.25, -0.2) is 0 Å². The fraction of sp³-hybridized carbons (Fsp3) is 0.310. The fourth-order valence-corrected chi connectivity index (χ4v) is 5.47. The largest absolute Gasteiger partial charge is 0.371 e. The van der Waals surface area contributed by atoms with E-state index in [0.717, 1.165) is 50.8 Å². The molecule has 0 saturated carbocycles. The highest BCUT2D eigenvalue weighted by Gasteiger charge is 2.46. The first-order valence-electron chi connectivity index (χ1n) is 11.9. The van der Waals surface area contributed by atoms with Gasteiger partial charge in [-0.05, 0) is 54.9 Å². The van der Waals surface area contributed by atoms with Gasteiger partial charge in [0.05, 0.1) is 0 Å². The van der Waals surface area contributed by atoms with Crippen LogP contribution < -0.4 is 0 Å². The van der Waals surface area contributed by atoms with Crippen molar-refractivity contribution in [1.82, 2.24) is 9.88 Å². The summed E-state index contributed by atoms with van der Waals surface area (Å²) in [6.07, 6.45) is 7.49. The Bertz CT molecular complexity index is 1140. The van der Waals surface area contributed by atoms with E-state index in [2.05, 4.69) is 82.8 Å². The number of rotatable bonds is 7. The van der Waals surface area contributed by atoms with E-state index in [1.807, 2.05) is 18.2 Å². The van der Waals surface area contributed by atoms with Gasteiger partial charge in [-0.3, -0.25) is 4.90 Å². The Balaban J connectivity index is 1.33. The number of likely N-dealkylation sites (tertiary alicyclic amines) is 1. The zero-order valence-electron chi connectivity index (χ0n) is 18.6.